The summed E-state index contributed by atoms with van der Waals surface area (Å²) in [6.45, 7) is 8.19. The highest BCUT2D eigenvalue weighted by atomic mass is 79.9. The number of unbranched alkanes of at least 4 members (excludes halogenated alkanes) is 2. The highest BCUT2D eigenvalue weighted by Gasteiger charge is 2.17. The van der Waals surface area contributed by atoms with Crippen LogP contribution in [0, 0.1) is 0 Å². The van der Waals surface area contributed by atoms with E-state index in [1.807, 2.05) is 45.0 Å². The first-order chi connectivity index (χ1) is 9.33. The minimum Gasteiger partial charge on any atom is -0.488 e. The Morgan fingerprint density at radius 1 is 1.20 bits per heavy atom. The van der Waals surface area contributed by atoms with Gasteiger partial charge in [-0.1, -0.05) is 42.1 Å². The van der Waals surface area contributed by atoms with Crippen LogP contribution in [-0.4, -0.2) is 16.2 Å². The fourth-order valence-corrected chi connectivity index (χ4v) is 2.51. The number of halogens is 1. The molecule has 0 fully saturated rings. The Bertz CT molecular complexity index is 418. The van der Waals surface area contributed by atoms with Crippen molar-refractivity contribution in [2.24, 2.45) is 0 Å². The second kappa shape index (κ2) is 7.82. The van der Waals surface area contributed by atoms with Gasteiger partial charge >= 0.3 is 0 Å². The summed E-state index contributed by atoms with van der Waals surface area (Å²) in [7, 11) is 0. The van der Waals surface area contributed by atoms with Crippen LogP contribution < -0.4 is 4.74 Å². The van der Waals surface area contributed by atoms with Gasteiger partial charge < -0.3 is 4.74 Å². The lowest BCUT2D eigenvalue weighted by Crippen LogP contribution is -2.23. The molecule has 3 heteroatoms. The number of carbonyl (C=O) groups excluding carboxylic acids is 1. The van der Waals surface area contributed by atoms with Crippen molar-refractivity contribution in [1.29, 1.82) is 0 Å². The van der Waals surface area contributed by atoms with Crippen molar-refractivity contribution in [3.05, 3.63) is 29.8 Å². The molecule has 2 nitrogen and oxygen atoms in total. The monoisotopic (exact) mass is 340 g/mol. The maximum atomic E-state index is 12.2. The van der Waals surface area contributed by atoms with E-state index in [4.69, 9.17) is 4.74 Å². The quantitative estimate of drug-likeness (QED) is 0.378. The van der Waals surface area contributed by atoms with E-state index in [-0.39, 0.29) is 16.2 Å². The molecule has 1 rings (SSSR count). The van der Waals surface area contributed by atoms with Crippen LogP contribution in [0.5, 0.6) is 5.75 Å². The van der Waals surface area contributed by atoms with Gasteiger partial charge in [0.15, 0.2) is 5.78 Å². The van der Waals surface area contributed by atoms with Crippen LogP contribution in [0.25, 0.3) is 0 Å². The summed E-state index contributed by atoms with van der Waals surface area (Å²) < 4.78 is 5.75. The van der Waals surface area contributed by atoms with Crippen molar-refractivity contribution in [3.63, 3.8) is 0 Å². The van der Waals surface area contributed by atoms with E-state index in [0.29, 0.717) is 0 Å². The van der Waals surface area contributed by atoms with Crippen LogP contribution in [-0.2, 0) is 0 Å². The molecule has 0 aliphatic heterocycles. The van der Waals surface area contributed by atoms with E-state index in [1.54, 1.807) is 0 Å². The molecule has 0 bridgehead atoms. The van der Waals surface area contributed by atoms with Gasteiger partial charge in [0.2, 0.25) is 0 Å². The summed E-state index contributed by atoms with van der Waals surface area (Å²) in [5.41, 5.74) is 0.522. The summed E-state index contributed by atoms with van der Waals surface area (Å²) in [6, 6.07) is 7.42. The van der Waals surface area contributed by atoms with E-state index in [1.165, 1.54) is 12.8 Å². The summed E-state index contributed by atoms with van der Waals surface area (Å²) in [5.74, 6) is 0.953. The molecule has 0 aliphatic rings. The molecule has 0 heterocycles. The lowest BCUT2D eigenvalue weighted by Gasteiger charge is -2.21. The van der Waals surface area contributed by atoms with Crippen molar-refractivity contribution in [3.8, 4) is 5.75 Å². The predicted molar refractivity (Wildman–Crippen MR) is 88.0 cm³/mol. The van der Waals surface area contributed by atoms with Crippen molar-refractivity contribution in [1.82, 2.24) is 0 Å². The van der Waals surface area contributed by atoms with Gasteiger partial charge in [0, 0.05) is 5.56 Å². The third kappa shape index (κ3) is 6.08. The third-order valence-corrected chi connectivity index (χ3v) is 3.78. The normalized spacial score (nSPS) is 13.1. The summed E-state index contributed by atoms with van der Waals surface area (Å²) in [4.78, 5) is 12.2. The van der Waals surface area contributed by atoms with Gasteiger partial charge in [-0.3, -0.25) is 4.79 Å². The molecule has 0 saturated carbocycles. The third-order valence-electron chi connectivity index (χ3n) is 2.91. The number of hydrogen-bond donors (Lipinski definition) is 0. The lowest BCUT2D eigenvalue weighted by atomic mass is 10.0. The number of hydrogen-bond acceptors (Lipinski definition) is 2. The van der Waals surface area contributed by atoms with E-state index in [9.17, 15) is 4.79 Å². The van der Waals surface area contributed by atoms with E-state index in [2.05, 4.69) is 22.9 Å². The van der Waals surface area contributed by atoms with E-state index >= 15 is 0 Å². The molecule has 0 amide bonds. The Balaban J connectivity index is 2.61. The van der Waals surface area contributed by atoms with Crippen molar-refractivity contribution < 1.29 is 9.53 Å². The van der Waals surface area contributed by atoms with Crippen LogP contribution in [0.3, 0.4) is 0 Å². The van der Waals surface area contributed by atoms with Gasteiger partial charge in [-0.2, -0.15) is 0 Å². The molecule has 1 atom stereocenters. The van der Waals surface area contributed by atoms with Crippen molar-refractivity contribution in [2.75, 3.05) is 0 Å². The van der Waals surface area contributed by atoms with Gasteiger partial charge in [-0.25, -0.2) is 0 Å². The maximum absolute atomic E-state index is 12.2. The summed E-state index contributed by atoms with van der Waals surface area (Å²) in [5, 5.41) is 0. The molecule has 1 aromatic carbocycles. The first-order valence-corrected chi connectivity index (χ1v) is 8.22. The highest BCUT2D eigenvalue weighted by molar-refractivity contribution is 9.10. The highest BCUT2D eigenvalue weighted by Crippen LogP contribution is 2.21. The number of benzene rings is 1. The first-order valence-electron chi connectivity index (χ1n) is 7.31. The van der Waals surface area contributed by atoms with Crippen LogP contribution >= 0.6 is 15.9 Å². The number of Topliss-reactive ketones (excluding diaryl/α,β-unsaturated/α-hetero) is 1. The van der Waals surface area contributed by atoms with E-state index in [0.717, 1.165) is 24.2 Å². The number of alkyl halides is 1. The number of ketones is 1. The molecular weight excluding hydrogens is 316 g/mol. The topological polar surface area (TPSA) is 26.3 Å². The van der Waals surface area contributed by atoms with Gasteiger partial charge in [0.1, 0.15) is 11.4 Å². The molecule has 0 aromatic heterocycles. The molecule has 0 radical (unpaired) electrons. The fraction of sp³-hybridized carbons (Fsp3) is 0.588. The molecule has 0 saturated heterocycles. The van der Waals surface area contributed by atoms with Crippen LogP contribution in [0.2, 0.25) is 0 Å². The van der Waals surface area contributed by atoms with E-state index < -0.39 is 0 Å². The molecule has 0 N–H and O–H groups in total. The number of rotatable bonds is 7. The van der Waals surface area contributed by atoms with Crippen molar-refractivity contribution in [2.45, 2.75) is 63.8 Å². The maximum Gasteiger partial charge on any atom is 0.176 e. The summed E-state index contributed by atoms with van der Waals surface area (Å²) >= 11 is 3.50. The zero-order valence-electron chi connectivity index (χ0n) is 12.9. The Labute approximate surface area is 131 Å². The standard InChI is InChI=1S/C17H25BrO2/c1-5-6-7-8-15(18)16(19)13-9-11-14(12-10-13)20-17(2,3)4/h9-12,15H,5-8H2,1-4H3. The number of carbonyl (C=O) groups is 1. The number of ether oxygens (including phenoxy) is 1. The SMILES string of the molecule is CCCCCC(Br)C(=O)c1ccc(OC(C)(C)C)cc1. The van der Waals surface area contributed by atoms with Gasteiger partial charge in [0.25, 0.3) is 0 Å². The van der Waals surface area contributed by atoms with Crippen LogP contribution in [0.4, 0.5) is 0 Å². The van der Waals surface area contributed by atoms with Gasteiger partial charge in [-0.05, 0) is 51.5 Å². The Morgan fingerprint density at radius 2 is 1.80 bits per heavy atom. The van der Waals surface area contributed by atoms with Crippen molar-refractivity contribution >= 4 is 21.7 Å². The average Bonchev–Trinajstić information content (AvgIpc) is 2.37. The average molecular weight is 341 g/mol. The minimum atomic E-state index is -0.219. The Morgan fingerprint density at radius 3 is 2.30 bits per heavy atom. The zero-order chi connectivity index (χ0) is 15.2. The molecule has 112 valence electrons. The molecule has 20 heavy (non-hydrogen) atoms. The molecule has 0 spiro atoms. The lowest BCUT2D eigenvalue weighted by molar-refractivity contribution is 0.0987. The second-order valence-corrected chi connectivity index (χ2v) is 7.17. The second-order valence-electron chi connectivity index (χ2n) is 6.07. The first kappa shape index (κ1) is 17.2. The molecular formula is C17H25BrO2. The van der Waals surface area contributed by atoms with Gasteiger partial charge in [0.05, 0.1) is 4.83 Å². The Hall–Kier alpha value is -0.830. The molecule has 1 unspecified atom stereocenters. The molecule has 1 aromatic rings. The largest absolute Gasteiger partial charge is 0.488 e. The van der Waals surface area contributed by atoms with Crippen LogP contribution in [0.1, 0.15) is 63.7 Å². The van der Waals surface area contributed by atoms with Crippen LogP contribution in [0.15, 0.2) is 24.3 Å². The fourth-order valence-electron chi connectivity index (χ4n) is 1.93. The predicted octanol–water partition coefficient (Wildman–Crippen LogP) is 5.39. The van der Waals surface area contributed by atoms with Gasteiger partial charge in [-0.15, -0.1) is 0 Å². The summed E-state index contributed by atoms with van der Waals surface area (Å²) in [6.07, 6.45) is 4.33. The Kier molecular flexibility index (Phi) is 6.74. The minimum absolute atomic E-state index is 0.0802. The molecule has 0 aliphatic carbocycles. The zero-order valence-corrected chi connectivity index (χ0v) is 14.5. The smallest absolute Gasteiger partial charge is 0.176 e.